The molecule has 98 valence electrons. The minimum atomic E-state index is 0.355. The Morgan fingerprint density at radius 3 is 2.50 bits per heavy atom. The summed E-state index contributed by atoms with van der Waals surface area (Å²) in [6.45, 7) is 11.0. The molecular weight excluding hydrogens is 202 g/mol. The Balaban J connectivity index is 3.09. The van der Waals surface area contributed by atoms with E-state index in [1.165, 1.54) is 12.8 Å². The van der Waals surface area contributed by atoms with E-state index in [2.05, 4.69) is 26.1 Å². The SMILES string of the molecule is CCCNCCCC(C)OCCOCCC. The quantitative estimate of drug-likeness (QED) is 0.524. The molecule has 0 bridgehead atoms. The van der Waals surface area contributed by atoms with Gasteiger partial charge in [0.25, 0.3) is 0 Å². The van der Waals surface area contributed by atoms with Crippen LogP contribution in [0.3, 0.4) is 0 Å². The van der Waals surface area contributed by atoms with Crippen molar-refractivity contribution in [3.63, 3.8) is 0 Å². The molecule has 1 N–H and O–H groups in total. The summed E-state index contributed by atoms with van der Waals surface area (Å²) < 4.78 is 11.0. The second kappa shape index (κ2) is 12.9. The zero-order chi connectivity index (χ0) is 12.1. The van der Waals surface area contributed by atoms with Crippen LogP contribution in [0.5, 0.6) is 0 Å². The van der Waals surface area contributed by atoms with Gasteiger partial charge in [0, 0.05) is 6.61 Å². The van der Waals surface area contributed by atoms with Crippen molar-refractivity contribution in [2.24, 2.45) is 0 Å². The standard InChI is InChI=1S/C13H29NO2/c1-4-8-14-9-6-7-13(3)16-12-11-15-10-5-2/h13-14H,4-12H2,1-3H3. The van der Waals surface area contributed by atoms with Gasteiger partial charge in [0.2, 0.25) is 0 Å². The second-order valence-electron chi connectivity index (χ2n) is 4.19. The van der Waals surface area contributed by atoms with Crippen molar-refractivity contribution in [3.05, 3.63) is 0 Å². The molecule has 0 aromatic carbocycles. The summed E-state index contributed by atoms with van der Waals surface area (Å²) in [5.74, 6) is 0. The predicted molar refractivity (Wildman–Crippen MR) is 68.9 cm³/mol. The summed E-state index contributed by atoms with van der Waals surface area (Å²) in [5, 5.41) is 3.39. The number of hydrogen-bond acceptors (Lipinski definition) is 3. The summed E-state index contributed by atoms with van der Waals surface area (Å²) in [6, 6.07) is 0. The Kier molecular flexibility index (Phi) is 12.9. The van der Waals surface area contributed by atoms with Crippen molar-refractivity contribution < 1.29 is 9.47 Å². The first-order valence-electron chi connectivity index (χ1n) is 6.71. The van der Waals surface area contributed by atoms with Gasteiger partial charge in [-0.2, -0.15) is 0 Å². The lowest BCUT2D eigenvalue weighted by Crippen LogP contribution is -2.19. The number of rotatable bonds is 12. The van der Waals surface area contributed by atoms with E-state index >= 15 is 0 Å². The van der Waals surface area contributed by atoms with Crippen molar-refractivity contribution in [1.82, 2.24) is 5.32 Å². The summed E-state index contributed by atoms with van der Waals surface area (Å²) in [4.78, 5) is 0. The molecule has 0 saturated heterocycles. The van der Waals surface area contributed by atoms with Crippen LogP contribution in [-0.4, -0.2) is 39.0 Å². The first-order valence-corrected chi connectivity index (χ1v) is 6.71. The van der Waals surface area contributed by atoms with E-state index in [1.54, 1.807) is 0 Å². The van der Waals surface area contributed by atoms with Gasteiger partial charge in [0.1, 0.15) is 0 Å². The molecule has 0 saturated carbocycles. The summed E-state index contributed by atoms with van der Waals surface area (Å²) >= 11 is 0. The molecule has 0 aromatic heterocycles. The van der Waals surface area contributed by atoms with Crippen LogP contribution in [0.25, 0.3) is 0 Å². The van der Waals surface area contributed by atoms with Gasteiger partial charge in [0.15, 0.2) is 0 Å². The number of nitrogens with one attached hydrogen (secondary N) is 1. The number of hydrogen-bond donors (Lipinski definition) is 1. The molecule has 1 atom stereocenters. The highest BCUT2D eigenvalue weighted by molar-refractivity contribution is 4.53. The van der Waals surface area contributed by atoms with Gasteiger partial charge in [-0.15, -0.1) is 0 Å². The fourth-order valence-electron chi connectivity index (χ4n) is 1.45. The van der Waals surface area contributed by atoms with Crippen LogP contribution in [0.1, 0.15) is 46.5 Å². The fourth-order valence-corrected chi connectivity index (χ4v) is 1.45. The maximum absolute atomic E-state index is 5.64. The molecule has 0 aliphatic heterocycles. The summed E-state index contributed by atoms with van der Waals surface area (Å²) in [5.41, 5.74) is 0. The minimum Gasteiger partial charge on any atom is -0.379 e. The maximum atomic E-state index is 5.64. The molecule has 3 heteroatoms. The van der Waals surface area contributed by atoms with Crippen molar-refractivity contribution in [1.29, 1.82) is 0 Å². The molecule has 0 spiro atoms. The van der Waals surface area contributed by atoms with Crippen LogP contribution in [0, 0.1) is 0 Å². The summed E-state index contributed by atoms with van der Waals surface area (Å²) in [6.07, 6.45) is 4.97. The lowest BCUT2D eigenvalue weighted by atomic mass is 10.2. The molecule has 0 aliphatic carbocycles. The van der Waals surface area contributed by atoms with Crippen LogP contribution in [0.2, 0.25) is 0 Å². The van der Waals surface area contributed by atoms with E-state index < -0.39 is 0 Å². The Labute approximate surface area is 101 Å². The lowest BCUT2D eigenvalue weighted by molar-refractivity contribution is 0.00876. The van der Waals surface area contributed by atoms with Crippen LogP contribution < -0.4 is 5.32 Å². The summed E-state index contributed by atoms with van der Waals surface area (Å²) in [7, 11) is 0. The maximum Gasteiger partial charge on any atom is 0.0704 e. The average Bonchev–Trinajstić information content (AvgIpc) is 2.28. The number of ether oxygens (including phenoxy) is 2. The van der Waals surface area contributed by atoms with Crippen molar-refractivity contribution in [2.75, 3.05) is 32.9 Å². The Morgan fingerprint density at radius 2 is 1.81 bits per heavy atom. The highest BCUT2D eigenvalue weighted by Gasteiger charge is 2.01. The lowest BCUT2D eigenvalue weighted by Gasteiger charge is -2.13. The van der Waals surface area contributed by atoms with Gasteiger partial charge < -0.3 is 14.8 Å². The van der Waals surface area contributed by atoms with Crippen molar-refractivity contribution in [2.45, 2.75) is 52.6 Å². The van der Waals surface area contributed by atoms with E-state index in [1.807, 2.05) is 0 Å². The Hall–Kier alpha value is -0.120. The van der Waals surface area contributed by atoms with Crippen LogP contribution in [-0.2, 0) is 9.47 Å². The highest BCUT2D eigenvalue weighted by atomic mass is 16.5. The fraction of sp³-hybridized carbons (Fsp3) is 1.00. The molecule has 3 nitrogen and oxygen atoms in total. The van der Waals surface area contributed by atoms with Crippen LogP contribution in [0.15, 0.2) is 0 Å². The third-order valence-electron chi connectivity index (χ3n) is 2.37. The molecule has 0 rings (SSSR count). The first-order chi connectivity index (χ1) is 7.81. The molecule has 1 unspecified atom stereocenters. The molecule has 0 radical (unpaired) electrons. The largest absolute Gasteiger partial charge is 0.379 e. The zero-order valence-electron chi connectivity index (χ0n) is 11.3. The molecule has 0 aliphatic rings. The van der Waals surface area contributed by atoms with Crippen molar-refractivity contribution >= 4 is 0 Å². The zero-order valence-corrected chi connectivity index (χ0v) is 11.3. The predicted octanol–water partition coefficient (Wildman–Crippen LogP) is 2.60. The smallest absolute Gasteiger partial charge is 0.0704 e. The van der Waals surface area contributed by atoms with Gasteiger partial charge in [-0.25, -0.2) is 0 Å². The average molecular weight is 231 g/mol. The minimum absolute atomic E-state index is 0.355. The third kappa shape index (κ3) is 12.0. The van der Waals surface area contributed by atoms with Gasteiger partial charge in [-0.05, 0) is 45.7 Å². The molecule has 0 aromatic rings. The molecular formula is C13H29NO2. The van der Waals surface area contributed by atoms with Crippen LogP contribution >= 0.6 is 0 Å². The molecule has 0 amide bonds. The van der Waals surface area contributed by atoms with E-state index in [0.717, 1.165) is 45.8 Å². The van der Waals surface area contributed by atoms with Gasteiger partial charge >= 0.3 is 0 Å². The van der Waals surface area contributed by atoms with Crippen LogP contribution in [0.4, 0.5) is 0 Å². The van der Waals surface area contributed by atoms with Gasteiger partial charge in [0.05, 0.1) is 19.3 Å². The molecule has 16 heavy (non-hydrogen) atoms. The second-order valence-corrected chi connectivity index (χ2v) is 4.19. The third-order valence-corrected chi connectivity index (χ3v) is 2.37. The monoisotopic (exact) mass is 231 g/mol. The Morgan fingerprint density at radius 1 is 1.00 bits per heavy atom. The van der Waals surface area contributed by atoms with E-state index in [-0.39, 0.29) is 0 Å². The Bertz CT molecular complexity index is 117. The van der Waals surface area contributed by atoms with Gasteiger partial charge in [-0.1, -0.05) is 13.8 Å². The van der Waals surface area contributed by atoms with Crippen molar-refractivity contribution in [3.8, 4) is 0 Å². The van der Waals surface area contributed by atoms with E-state index in [4.69, 9.17) is 9.47 Å². The normalized spacial score (nSPS) is 12.9. The van der Waals surface area contributed by atoms with E-state index in [9.17, 15) is 0 Å². The molecule has 0 heterocycles. The van der Waals surface area contributed by atoms with E-state index in [0.29, 0.717) is 6.10 Å². The molecule has 0 fully saturated rings. The highest BCUT2D eigenvalue weighted by Crippen LogP contribution is 2.00. The van der Waals surface area contributed by atoms with Gasteiger partial charge in [-0.3, -0.25) is 0 Å². The topological polar surface area (TPSA) is 30.5 Å². The first kappa shape index (κ1) is 15.9.